The van der Waals surface area contributed by atoms with Gasteiger partial charge in [0.15, 0.2) is 11.6 Å². The summed E-state index contributed by atoms with van der Waals surface area (Å²) < 4.78 is 38.6. The molecule has 2 nitrogen and oxygen atoms in total. The van der Waals surface area contributed by atoms with Crippen LogP contribution in [0.4, 0.5) is 18.9 Å². The predicted molar refractivity (Wildman–Crippen MR) is 72.1 cm³/mol. The fraction of sp³-hybridized carbons (Fsp3) is 0.0714. The highest BCUT2D eigenvalue weighted by molar-refractivity contribution is 8.00. The largest absolute Gasteiger partial charge is 0.325 e. The Hall–Kier alpha value is -1.95. The molecule has 0 aliphatic heterocycles. The van der Waals surface area contributed by atoms with Gasteiger partial charge in [0.05, 0.1) is 5.75 Å². The molecular weight excluding hydrogens is 287 g/mol. The Morgan fingerprint density at radius 2 is 1.85 bits per heavy atom. The van der Waals surface area contributed by atoms with Crippen molar-refractivity contribution in [3.05, 3.63) is 59.9 Å². The van der Waals surface area contributed by atoms with Crippen LogP contribution >= 0.6 is 11.8 Å². The Kier molecular flexibility index (Phi) is 4.68. The van der Waals surface area contributed by atoms with Crippen molar-refractivity contribution >= 4 is 23.4 Å². The first-order valence-corrected chi connectivity index (χ1v) is 6.66. The highest BCUT2D eigenvalue weighted by Crippen LogP contribution is 2.20. The number of benzene rings is 2. The summed E-state index contributed by atoms with van der Waals surface area (Å²) in [6, 6.07) is 8.92. The fourth-order valence-electron chi connectivity index (χ4n) is 1.48. The lowest BCUT2D eigenvalue weighted by Crippen LogP contribution is -2.14. The summed E-state index contributed by atoms with van der Waals surface area (Å²) in [7, 11) is 0. The van der Waals surface area contributed by atoms with Gasteiger partial charge in [0.25, 0.3) is 0 Å². The van der Waals surface area contributed by atoms with Crippen LogP contribution in [0.2, 0.25) is 0 Å². The van der Waals surface area contributed by atoms with Crippen molar-refractivity contribution in [3.8, 4) is 0 Å². The van der Waals surface area contributed by atoms with E-state index in [0.29, 0.717) is 10.6 Å². The zero-order valence-corrected chi connectivity index (χ0v) is 11.0. The number of amides is 1. The van der Waals surface area contributed by atoms with Crippen LogP contribution in [0.15, 0.2) is 47.4 Å². The minimum Gasteiger partial charge on any atom is -0.325 e. The molecule has 0 bridgehead atoms. The maximum atomic E-state index is 13.0. The van der Waals surface area contributed by atoms with E-state index >= 15 is 0 Å². The van der Waals surface area contributed by atoms with Gasteiger partial charge in [-0.25, -0.2) is 13.2 Å². The van der Waals surface area contributed by atoms with Crippen molar-refractivity contribution < 1.29 is 18.0 Å². The van der Waals surface area contributed by atoms with Gasteiger partial charge in [-0.3, -0.25) is 4.79 Å². The van der Waals surface area contributed by atoms with E-state index < -0.39 is 17.5 Å². The topological polar surface area (TPSA) is 29.1 Å². The van der Waals surface area contributed by atoms with Gasteiger partial charge in [0, 0.05) is 10.6 Å². The molecule has 2 aromatic rings. The summed E-state index contributed by atoms with van der Waals surface area (Å²) in [6.07, 6.45) is 0. The molecular formula is C14H10F3NOS. The average Bonchev–Trinajstić information content (AvgIpc) is 2.40. The van der Waals surface area contributed by atoms with E-state index in [1.165, 1.54) is 24.3 Å². The molecule has 0 saturated carbocycles. The molecule has 0 radical (unpaired) electrons. The van der Waals surface area contributed by atoms with Gasteiger partial charge in [0.1, 0.15) is 5.82 Å². The Labute approximate surface area is 118 Å². The van der Waals surface area contributed by atoms with E-state index in [4.69, 9.17) is 0 Å². The molecule has 0 aromatic heterocycles. The normalized spacial score (nSPS) is 10.3. The minimum atomic E-state index is -0.958. The molecule has 0 spiro atoms. The van der Waals surface area contributed by atoms with E-state index in [-0.39, 0.29) is 11.7 Å². The molecule has 104 valence electrons. The molecule has 0 aliphatic rings. The second-order valence-electron chi connectivity index (χ2n) is 3.92. The molecule has 0 saturated heterocycles. The Morgan fingerprint density at radius 3 is 2.55 bits per heavy atom. The van der Waals surface area contributed by atoms with Crippen molar-refractivity contribution in [2.45, 2.75) is 4.90 Å². The molecule has 2 rings (SSSR count). The second kappa shape index (κ2) is 6.47. The van der Waals surface area contributed by atoms with Gasteiger partial charge in [0.2, 0.25) is 5.91 Å². The first-order valence-electron chi connectivity index (χ1n) is 5.68. The summed E-state index contributed by atoms with van der Waals surface area (Å²) in [5.74, 6) is -2.68. The third-order valence-electron chi connectivity index (χ3n) is 2.37. The maximum Gasteiger partial charge on any atom is 0.234 e. The number of anilines is 1. The Balaban J connectivity index is 1.90. The Bertz CT molecular complexity index is 634. The molecule has 6 heteroatoms. The van der Waals surface area contributed by atoms with Gasteiger partial charge >= 0.3 is 0 Å². The van der Waals surface area contributed by atoms with E-state index in [1.54, 1.807) is 6.07 Å². The lowest BCUT2D eigenvalue weighted by molar-refractivity contribution is -0.113. The highest BCUT2D eigenvalue weighted by atomic mass is 32.2. The van der Waals surface area contributed by atoms with E-state index in [9.17, 15) is 18.0 Å². The summed E-state index contributed by atoms with van der Waals surface area (Å²) in [5.41, 5.74) is 0.348. The number of carbonyl (C=O) groups excluding carboxylic acids is 1. The van der Waals surface area contributed by atoms with Gasteiger partial charge in [-0.1, -0.05) is 6.07 Å². The monoisotopic (exact) mass is 297 g/mol. The maximum absolute atomic E-state index is 13.0. The van der Waals surface area contributed by atoms with Gasteiger partial charge in [-0.05, 0) is 36.4 Å². The first-order chi connectivity index (χ1) is 9.54. The van der Waals surface area contributed by atoms with Gasteiger partial charge in [-0.15, -0.1) is 11.8 Å². The van der Waals surface area contributed by atoms with Crippen LogP contribution in [-0.2, 0) is 4.79 Å². The van der Waals surface area contributed by atoms with Crippen LogP contribution in [0.1, 0.15) is 0 Å². The van der Waals surface area contributed by atoms with E-state index in [0.717, 1.165) is 23.9 Å². The van der Waals surface area contributed by atoms with Crippen LogP contribution in [-0.4, -0.2) is 11.7 Å². The number of thioether (sulfide) groups is 1. The van der Waals surface area contributed by atoms with Gasteiger partial charge < -0.3 is 5.32 Å². The number of hydrogen-bond acceptors (Lipinski definition) is 2. The molecule has 0 unspecified atom stereocenters. The van der Waals surface area contributed by atoms with Crippen molar-refractivity contribution in [1.29, 1.82) is 0 Å². The Morgan fingerprint density at radius 1 is 1.05 bits per heavy atom. The number of nitrogens with one attached hydrogen (secondary N) is 1. The standard InChI is InChI=1S/C14H10F3NOS/c15-9-2-1-3-10(6-9)18-14(19)8-20-11-4-5-12(16)13(17)7-11/h1-7H,8H2,(H,18,19). The van der Waals surface area contributed by atoms with Crippen LogP contribution in [0.25, 0.3) is 0 Å². The van der Waals surface area contributed by atoms with Crippen LogP contribution in [0, 0.1) is 17.5 Å². The fourth-order valence-corrected chi connectivity index (χ4v) is 2.20. The quantitative estimate of drug-likeness (QED) is 0.869. The third-order valence-corrected chi connectivity index (χ3v) is 3.36. The summed E-state index contributed by atoms with van der Waals surface area (Å²) in [4.78, 5) is 12.1. The highest BCUT2D eigenvalue weighted by Gasteiger charge is 2.07. The van der Waals surface area contributed by atoms with Crippen molar-refractivity contribution in [2.24, 2.45) is 0 Å². The second-order valence-corrected chi connectivity index (χ2v) is 4.97. The molecule has 1 N–H and O–H groups in total. The van der Waals surface area contributed by atoms with Crippen molar-refractivity contribution in [3.63, 3.8) is 0 Å². The zero-order valence-electron chi connectivity index (χ0n) is 10.2. The third kappa shape index (κ3) is 4.03. The smallest absolute Gasteiger partial charge is 0.234 e. The minimum absolute atomic E-state index is 0.0155. The van der Waals surface area contributed by atoms with Crippen molar-refractivity contribution in [2.75, 3.05) is 11.1 Å². The molecule has 1 amide bonds. The number of halogens is 3. The molecule has 0 fully saturated rings. The predicted octanol–water partition coefficient (Wildman–Crippen LogP) is 3.83. The zero-order chi connectivity index (χ0) is 14.5. The summed E-state index contributed by atoms with van der Waals surface area (Å²) >= 11 is 1.06. The summed E-state index contributed by atoms with van der Waals surface area (Å²) in [6.45, 7) is 0. The number of carbonyl (C=O) groups is 1. The van der Waals surface area contributed by atoms with Crippen molar-refractivity contribution in [1.82, 2.24) is 0 Å². The SMILES string of the molecule is O=C(CSc1ccc(F)c(F)c1)Nc1cccc(F)c1. The molecule has 0 aliphatic carbocycles. The van der Waals surface area contributed by atoms with E-state index in [2.05, 4.69) is 5.32 Å². The molecule has 20 heavy (non-hydrogen) atoms. The lowest BCUT2D eigenvalue weighted by atomic mass is 10.3. The van der Waals surface area contributed by atoms with Crippen LogP contribution in [0.3, 0.4) is 0 Å². The molecule has 2 aromatic carbocycles. The first kappa shape index (κ1) is 14.5. The van der Waals surface area contributed by atoms with Gasteiger partial charge in [-0.2, -0.15) is 0 Å². The number of rotatable bonds is 4. The summed E-state index contributed by atoms with van der Waals surface area (Å²) in [5, 5.41) is 2.51. The molecule has 0 heterocycles. The lowest BCUT2D eigenvalue weighted by Gasteiger charge is -2.05. The van der Waals surface area contributed by atoms with Crippen LogP contribution in [0.5, 0.6) is 0 Å². The molecule has 0 atom stereocenters. The average molecular weight is 297 g/mol. The number of hydrogen-bond donors (Lipinski definition) is 1. The van der Waals surface area contributed by atoms with Crippen LogP contribution < -0.4 is 5.32 Å². The van der Waals surface area contributed by atoms with E-state index in [1.807, 2.05) is 0 Å².